The highest BCUT2D eigenvalue weighted by Crippen LogP contribution is 2.32. The lowest BCUT2D eigenvalue weighted by atomic mass is 10.0. The number of hydrogen-bond acceptors (Lipinski definition) is 3. The van der Waals surface area contributed by atoms with Gasteiger partial charge in [0.2, 0.25) is 0 Å². The van der Waals surface area contributed by atoms with E-state index in [1.807, 2.05) is 25.1 Å². The van der Waals surface area contributed by atoms with E-state index in [4.69, 9.17) is 0 Å². The van der Waals surface area contributed by atoms with Crippen LogP contribution in [0.1, 0.15) is 37.9 Å². The molecule has 0 aliphatic carbocycles. The quantitative estimate of drug-likeness (QED) is 0.859. The van der Waals surface area contributed by atoms with Gasteiger partial charge in [-0.25, -0.2) is 0 Å². The predicted octanol–water partition coefficient (Wildman–Crippen LogP) is 2.39. The van der Waals surface area contributed by atoms with Crippen LogP contribution < -0.4 is 5.32 Å². The molecule has 2 aliphatic heterocycles. The van der Waals surface area contributed by atoms with Crippen LogP contribution >= 0.6 is 0 Å². The predicted molar refractivity (Wildman–Crippen MR) is 73.7 cm³/mol. The maximum absolute atomic E-state index is 9.82. The van der Waals surface area contributed by atoms with Gasteiger partial charge in [-0.15, -0.1) is 0 Å². The van der Waals surface area contributed by atoms with Crippen molar-refractivity contribution < 1.29 is 5.11 Å². The maximum atomic E-state index is 9.82. The summed E-state index contributed by atoms with van der Waals surface area (Å²) in [7, 11) is 0. The molecule has 1 aromatic rings. The van der Waals surface area contributed by atoms with Crippen molar-refractivity contribution in [3.8, 4) is 0 Å². The second kappa shape index (κ2) is 4.90. The van der Waals surface area contributed by atoms with Gasteiger partial charge in [-0.3, -0.25) is 4.90 Å². The SMILES string of the molecule is CC(O)c1ccccc1NC1CCN2CCCC12. The summed E-state index contributed by atoms with van der Waals surface area (Å²) in [5.74, 6) is 0. The minimum Gasteiger partial charge on any atom is -0.389 e. The molecule has 0 spiro atoms. The van der Waals surface area contributed by atoms with Crippen molar-refractivity contribution in [3.63, 3.8) is 0 Å². The Bertz CT molecular complexity index is 419. The molecule has 3 atom stereocenters. The van der Waals surface area contributed by atoms with Crippen LogP contribution in [0.25, 0.3) is 0 Å². The van der Waals surface area contributed by atoms with Crippen LogP contribution in [0.15, 0.2) is 24.3 Å². The van der Waals surface area contributed by atoms with Gasteiger partial charge < -0.3 is 10.4 Å². The van der Waals surface area contributed by atoms with E-state index in [-0.39, 0.29) is 0 Å². The third-order valence-electron chi connectivity index (χ3n) is 4.36. The summed E-state index contributed by atoms with van der Waals surface area (Å²) in [6.45, 7) is 4.32. The van der Waals surface area contributed by atoms with E-state index < -0.39 is 6.10 Å². The zero-order chi connectivity index (χ0) is 12.5. The monoisotopic (exact) mass is 246 g/mol. The average molecular weight is 246 g/mol. The van der Waals surface area contributed by atoms with Crippen LogP contribution in [0.3, 0.4) is 0 Å². The molecule has 18 heavy (non-hydrogen) atoms. The van der Waals surface area contributed by atoms with Gasteiger partial charge >= 0.3 is 0 Å². The number of aliphatic hydroxyl groups is 1. The first-order chi connectivity index (χ1) is 8.75. The summed E-state index contributed by atoms with van der Waals surface area (Å²) >= 11 is 0. The Morgan fingerprint density at radius 1 is 1.28 bits per heavy atom. The van der Waals surface area contributed by atoms with Gasteiger partial charge in [-0.05, 0) is 38.8 Å². The average Bonchev–Trinajstić information content (AvgIpc) is 2.94. The molecule has 0 bridgehead atoms. The molecule has 98 valence electrons. The number of benzene rings is 1. The fourth-order valence-corrected chi connectivity index (χ4v) is 3.44. The second-order valence-corrected chi connectivity index (χ2v) is 5.55. The van der Waals surface area contributed by atoms with Crippen LogP contribution in [-0.2, 0) is 0 Å². The molecule has 0 radical (unpaired) electrons. The molecule has 2 N–H and O–H groups in total. The van der Waals surface area contributed by atoms with E-state index in [2.05, 4.69) is 16.3 Å². The van der Waals surface area contributed by atoms with Gasteiger partial charge in [-0.2, -0.15) is 0 Å². The Hall–Kier alpha value is -1.06. The third kappa shape index (κ3) is 2.13. The van der Waals surface area contributed by atoms with Crippen molar-refractivity contribution in [1.82, 2.24) is 4.90 Å². The van der Waals surface area contributed by atoms with Gasteiger partial charge in [0.25, 0.3) is 0 Å². The number of para-hydroxylation sites is 1. The van der Waals surface area contributed by atoms with Gasteiger partial charge in [0.15, 0.2) is 0 Å². The molecule has 3 rings (SSSR count). The molecule has 3 heteroatoms. The van der Waals surface area contributed by atoms with Gasteiger partial charge in [0, 0.05) is 29.9 Å². The smallest absolute Gasteiger partial charge is 0.0781 e. The van der Waals surface area contributed by atoms with Gasteiger partial charge in [-0.1, -0.05) is 18.2 Å². The molecule has 2 heterocycles. The first-order valence-electron chi connectivity index (χ1n) is 7.03. The summed E-state index contributed by atoms with van der Waals surface area (Å²) in [6, 6.07) is 9.37. The van der Waals surface area contributed by atoms with Crippen molar-refractivity contribution in [2.24, 2.45) is 0 Å². The highest BCUT2D eigenvalue weighted by Gasteiger charge is 2.37. The Kier molecular flexibility index (Phi) is 3.27. The van der Waals surface area contributed by atoms with E-state index in [9.17, 15) is 5.11 Å². The van der Waals surface area contributed by atoms with Crippen LogP contribution in [0.2, 0.25) is 0 Å². The van der Waals surface area contributed by atoms with E-state index >= 15 is 0 Å². The van der Waals surface area contributed by atoms with Crippen molar-refractivity contribution >= 4 is 5.69 Å². The third-order valence-corrected chi connectivity index (χ3v) is 4.36. The number of nitrogens with one attached hydrogen (secondary N) is 1. The number of hydrogen-bond donors (Lipinski definition) is 2. The zero-order valence-corrected chi connectivity index (χ0v) is 11.0. The second-order valence-electron chi connectivity index (χ2n) is 5.55. The Balaban J connectivity index is 1.76. The molecule has 0 amide bonds. The van der Waals surface area contributed by atoms with E-state index in [0.717, 1.165) is 11.3 Å². The normalized spacial score (nSPS) is 29.2. The number of rotatable bonds is 3. The molecule has 2 aliphatic rings. The lowest BCUT2D eigenvalue weighted by Crippen LogP contribution is -2.34. The molecule has 3 unspecified atom stereocenters. The molecule has 3 nitrogen and oxygen atoms in total. The Morgan fingerprint density at radius 2 is 2.11 bits per heavy atom. The van der Waals surface area contributed by atoms with Crippen LogP contribution in [0.4, 0.5) is 5.69 Å². The summed E-state index contributed by atoms with van der Waals surface area (Å²) in [5, 5.41) is 13.5. The lowest BCUT2D eigenvalue weighted by molar-refractivity contribution is 0.200. The topological polar surface area (TPSA) is 35.5 Å². The zero-order valence-electron chi connectivity index (χ0n) is 11.0. The fourth-order valence-electron chi connectivity index (χ4n) is 3.44. The Morgan fingerprint density at radius 3 is 2.94 bits per heavy atom. The van der Waals surface area contributed by atoms with Crippen molar-refractivity contribution in [3.05, 3.63) is 29.8 Å². The first kappa shape index (κ1) is 12.0. The van der Waals surface area contributed by atoms with Crippen molar-refractivity contribution in [2.45, 2.75) is 44.4 Å². The number of nitrogens with zero attached hydrogens (tertiary/aromatic N) is 1. The van der Waals surface area contributed by atoms with E-state index in [0.29, 0.717) is 12.1 Å². The van der Waals surface area contributed by atoms with Crippen LogP contribution in [-0.4, -0.2) is 35.2 Å². The highest BCUT2D eigenvalue weighted by molar-refractivity contribution is 5.53. The minimum absolute atomic E-state index is 0.408. The number of anilines is 1. The molecular weight excluding hydrogens is 224 g/mol. The Labute approximate surface area is 109 Å². The molecule has 1 aromatic carbocycles. The van der Waals surface area contributed by atoms with E-state index in [1.54, 1.807) is 0 Å². The largest absolute Gasteiger partial charge is 0.389 e. The molecule has 0 aromatic heterocycles. The van der Waals surface area contributed by atoms with Crippen LogP contribution in [0, 0.1) is 0 Å². The maximum Gasteiger partial charge on any atom is 0.0781 e. The van der Waals surface area contributed by atoms with Gasteiger partial charge in [0.05, 0.1) is 6.10 Å². The fraction of sp³-hybridized carbons (Fsp3) is 0.600. The first-order valence-corrected chi connectivity index (χ1v) is 7.03. The van der Waals surface area contributed by atoms with Crippen molar-refractivity contribution in [2.75, 3.05) is 18.4 Å². The number of aliphatic hydroxyl groups excluding tert-OH is 1. The summed E-state index contributed by atoms with van der Waals surface area (Å²) in [5.41, 5.74) is 2.11. The highest BCUT2D eigenvalue weighted by atomic mass is 16.3. The van der Waals surface area contributed by atoms with E-state index in [1.165, 1.54) is 32.4 Å². The minimum atomic E-state index is -0.408. The summed E-state index contributed by atoms with van der Waals surface area (Å²) in [4.78, 5) is 2.60. The molecule has 2 saturated heterocycles. The summed E-state index contributed by atoms with van der Waals surface area (Å²) in [6.07, 6.45) is 3.46. The van der Waals surface area contributed by atoms with Gasteiger partial charge in [0.1, 0.15) is 0 Å². The van der Waals surface area contributed by atoms with Crippen molar-refractivity contribution in [1.29, 1.82) is 0 Å². The standard InChI is InChI=1S/C15H22N2O/c1-11(18)12-5-2-3-6-13(12)16-14-8-10-17-9-4-7-15(14)17/h2-3,5-6,11,14-16,18H,4,7-10H2,1H3. The number of fused-ring (bicyclic) bond motifs is 1. The molecular formula is C15H22N2O. The molecule has 2 fully saturated rings. The molecule has 0 saturated carbocycles. The summed E-state index contributed by atoms with van der Waals surface area (Å²) < 4.78 is 0. The van der Waals surface area contributed by atoms with Crippen LogP contribution in [0.5, 0.6) is 0 Å². The lowest BCUT2D eigenvalue weighted by Gasteiger charge is -2.24.